The summed E-state index contributed by atoms with van der Waals surface area (Å²) >= 11 is 0. The van der Waals surface area contributed by atoms with E-state index in [1.54, 1.807) is 17.6 Å². The number of aryl methyl sites for hydroxylation is 1. The first kappa shape index (κ1) is 23.0. The minimum atomic E-state index is -3.01. The Morgan fingerprint density at radius 3 is 2.48 bits per heavy atom. The van der Waals surface area contributed by atoms with Gasteiger partial charge in [0.15, 0.2) is 0 Å². The molecule has 3 N–H and O–H groups in total. The molecule has 2 aliphatic rings. The fourth-order valence-corrected chi connectivity index (χ4v) is 4.76. The highest BCUT2D eigenvalue weighted by molar-refractivity contribution is 6.43. The van der Waals surface area contributed by atoms with Crippen LogP contribution in [-0.4, -0.2) is 45.3 Å². The Labute approximate surface area is 188 Å². The molecule has 1 aromatic heterocycles. The molecule has 7 nitrogen and oxygen atoms in total. The lowest BCUT2D eigenvalue weighted by molar-refractivity contribution is -0.154. The third-order valence-corrected chi connectivity index (χ3v) is 6.36. The first-order chi connectivity index (χ1) is 15.5. The van der Waals surface area contributed by atoms with Crippen molar-refractivity contribution in [1.82, 2.24) is 9.88 Å². The number of aromatic nitrogens is 1. The second kappa shape index (κ2) is 8.02. The van der Waals surface area contributed by atoms with Crippen LogP contribution >= 0.6 is 0 Å². The molecular weight excluding hydrogens is 439 g/mol. The summed E-state index contributed by atoms with van der Waals surface area (Å²) in [4.78, 5) is 38.7. The van der Waals surface area contributed by atoms with E-state index in [1.165, 1.54) is 19.1 Å². The first-order valence-corrected chi connectivity index (χ1v) is 10.6. The van der Waals surface area contributed by atoms with Crippen LogP contribution in [0.1, 0.15) is 56.9 Å². The average molecular weight is 463 g/mol. The zero-order chi connectivity index (χ0) is 24.1. The maximum absolute atomic E-state index is 13.9. The van der Waals surface area contributed by atoms with Gasteiger partial charge in [0.2, 0.25) is 0 Å². The third kappa shape index (κ3) is 4.03. The largest absolute Gasteiger partial charge is 0.394 e. The number of aliphatic hydroxyl groups excluding tert-OH is 1. The molecule has 1 aromatic carbocycles. The van der Waals surface area contributed by atoms with Crippen molar-refractivity contribution in [2.45, 2.75) is 57.5 Å². The highest BCUT2D eigenvalue weighted by Gasteiger charge is 2.57. The SMILES string of the molecule is Cc1ccc(NC(=O)c2c(C)c(C(=O)C(=O)NC3(CO)CC(F)(F)C3)n3c2CCC3)cc1F. The van der Waals surface area contributed by atoms with E-state index in [1.807, 2.05) is 0 Å². The van der Waals surface area contributed by atoms with Gasteiger partial charge in [-0.05, 0) is 49.9 Å². The number of hydrogen-bond donors (Lipinski definition) is 3. The van der Waals surface area contributed by atoms with Crippen LogP contribution in [0.3, 0.4) is 0 Å². The van der Waals surface area contributed by atoms with Crippen LogP contribution in [0, 0.1) is 19.7 Å². The Morgan fingerprint density at radius 2 is 1.88 bits per heavy atom. The molecule has 2 amide bonds. The van der Waals surface area contributed by atoms with Crippen molar-refractivity contribution >= 4 is 23.3 Å². The number of rotatable bonds is 6. The van der Waals surface area contributed by atoms with E-state index in [0.29, 0.717) is 30.6 Å². The van der Waals surface area contributed by atoms with Crippen molar-refractivity contribution in [3.05, 3.63) is 52.1 Å². The number of fused-ring (bicyclic) bond motifs is 1. The van der Waals surface area contributed by atoms with E-state index in [9.17, 15) is 32.7 Å². The normalized spacial score (nSPS) is 17.8. The number of nitrogens with zero attached hydrogens (tertiary/aromatic N) is 1. The number of alkyl halides is 2. The van der Waals surface area contributed by atoms with Crippen molar-refractivity contribution in [2.24, 2.45) is 0 Å². The molecule has 0 bridgehead atoms. The van der Waals surface area contributed by atoms with Crippen LogP contribution < -0.4 is 10.6 Å². The number of hydrogen-bond acceptors (Lipinski definition) is 4. The molecule has 0 spiro atoms. The van der Waals surface area contributed by atoms with Crippen LogP contribution in [0.15, 0.2) is 18.2 Å². The fourth-order valence-electron chi connectivity index (χ4n) is 4.76. The molecule has 0 unspecified atom stereocenters. The molecule has 1 saturated carbocycles. The number of carbonyl (C=O) groups is 3. The Kier molecular flexibility index (Phi) is 5.60. The molecule has 176 valence electrons. The lowest BCUT2D eigenvalue weighted by Gasteiger charge is -2.46. The third-order valence-electron chi connectivity index (χ3n) is 6.36. The van der Waals surface area contributed by atoms with E-state index < -0.39 is 54.3 Å². The summed E-state index contributed by atoms with van der Waals surface area (Å²) in [6, 6.07) is 4.29. The molecule has 0 saturated heterocycles. The van der Waals surface area contributed by atoms with Crippen molar-refractivity contribution in [3.63, 3.8) is 0 Å². The number of ketones is 1. The lowest BCUT2D eigenvalue weighted by Crippen LogP contribution is -2.65. The van der Waals surface area contributed by atoms with Gasteiger partial charge in [0, 0.05) is 30.8 Å². The van der Waals surface area contributed by atoms with Crippen LogP contribution in [0.25, 0.3) is 0 Å². The number of aliphatic hydroxyl groups is 1. The summed E-state index contributed by atoms with van der Waals surface area (Å²) in [6.45, 7) is 2.84. The van der Waals surface area contributed by atoms with Crippen LogP contribution in [-0.2, 0) is 17.8 Å². The van der Waals surface area contributed by atoms with Gasteiger partial charge in [-0.3, -0.25) is 14.4 Å². The van der Waals surface area contributed by atoms with E-state index in [0.717, 1.165) is 0 Å². The molecule has 0 radical (unpaired) electrons. The van der Waals surface area contributed by atoms with E-state index in [-0.39, 0.29) is 22.5 Å². The molecule has 33 heavy (non-hydrogen) atoms. The predicted octanol–water partition coefficient (Wildman–Crippen LogP) is 2.90. The lowest BCUT2D eigenvalue weighted by atomic mass is 9.74. The number of amides is 2. The minimum absolute atomic E-state index is 0.0133. The monoisotopic (exact) mass is 463 g/mol. The van der Waals surface area contributed by atoms with Crippen molar-refractivity contribution < 1.29 is 32.7 Å². The number of halogens is 3. The summed E-state index contributed by atoms with van der Waals surface area (Å²) in [5.41, 5.74) is 0.253. The summed E-state index contributed by atoms with van der Waals surface area (Å²) in [6.07, 6.45) is -0.333. The van der Waals surface area contributed by atoms with E-state index in [2.05, 4.69) is 10.6 Å². The number of carbonyl (C=O) groups excluding carboxylic acids is 3. The van der Waals surface area contributed by atoms with Crippen molar-refractivity contribution in [1.29, 1.82) is 0 Å². The molecule has 10 heteroatoms. The molecule has 2 heterocycles. The summed E-state index contributed by atoms with van der Waals surface area (Å²) < 4.78 is 42.1. The summed E-state index contributed by atoms with van der Waals surface area (Å²) in [7, 11) is 0. The molecule has 1 aliphatic heterocycles. The van der Waals surface area contributed by atoms with Gasteiger partial charge in [0.25, 0.3) is 23.5 Å². The van der Waals surface area contributed by atoms with Gasteiger partial charge >= 0.3 is 0 Å². The number of nitrogens with one attached hydrogen (secondary N) is 2. The smallest absolute Gasteiger partial charge is 0.294 e. The topological polar surface area (TPSA) is 100 Å². The molecule has 0 atom stereocenters. The quantitative estimate of drug-likeness (QED) is 0.453. The second-order valence-electron chi connectivity index (χ2n) is 8.90. The van der Waals surface area contributed by atoms with Gasteiger partial charge in [0.05, 0.1) is 23.4 Å². The Balaban J connectivity index is 1.60. The number of benzene rings is 1. The minimum Gasteiger partial charge on any atom is -0.394 e. The molecule has 2 aromatic rings. The van der Waals surface area contributed by atoms with Crippen LogP contribution in [0.5, 0.6) is 0 Å². The van der Waals surface area contributed by atoms with Crippen LogP contribution in [0.2, 0.25) is 0 Å². The van der Waals surface area contributed by atoms with Crippen molar-refractivity contribution in [3.8, 4) is 0 Å². The highest BCUT2D eigenvalue weighted by Crippen LogP contribution is 2.45. The van der Waals surface area contributed by atoms with E-state index in [4.69, 9.17) is 0 Å². The van der Waals surface area contributed by atoms with Gasteiger partial charge in [-0.2, -0.15) is 0 Å². The van der Waals surface area contributed by atoms with Gasteiger partial charge in [-0.25, -0.2) is 13.2 Å². The fraction of sp³-hybridized carbons (Fsp3) is 0.435. The average Bonchev–Trinajstić information content (AvgIpc) is 3.27. The summed E-state index contributed by atoms with van der Waals surface area (Å²) in [5, 5.41) is 14.4. The molecule has 1 aliphatic carbocycles. The Bertz CT molecular complexity index is 1160. The zero-order valence-electron chi connectivity index (χ0n) is 18.2. The second-order valence-corrected chi connectivity index (χ2v) is 8.90. The predicted molar refractivity (Wildman–Crippen MR) is 113 cm³/mol. The summed E-state index contributed by atoms with van der Waals surface area (Å²) in [5.74, 6) is -6.09. The maximum Gasteiger partial charge on any atom is 0.294 e. The van der Waals surface area contributed by atoms with E-state index >= 15 is 0 Å². The first-order valence-electron chi connectivity index (χ1n) is 10.6. The standard InChI is InChI=1S/C23H24F3N3O4/c1-12-5-6-14(8-15(12)24)27-20(32)17-13(2)18(29-7-3-4-16(17)29)19(31)21(33)28-22(11-30)9-23(25,26)10-22/h5-6,8,30H,3-4,7,9-11H2,1-2H3,(H,27,32)(H,28,33). The zero-order valence-corrected chi connectivity index (χ0v) is 18.2. The Morgan fingerprint density at radius 1 is 1.18 bits per heavy atom. The van der Waals surface area contributed by atoms with Crippen LogP contribution in [0.4, 0.5) is 18.9 Å². The highest BCUT2D eigenvalue weighted by atomic mass is 19.3. The number of anilines is 1. The molecule has 4 rings (SSSR count). The van der Waals surface area contributed by atoms with Gasteiger partial charge in [0.1, 0.15) is 5.82 Å². The molecular formula is C23H24F3N3O4. The maximum atomic E-state index is 13.9. The van der Waals surface area contributed by atoms with Crippen molar-refractivity contribution in [2.75, 3.05) is 11.9 Å². The Hall–Kier alpha value is -3.14. The number of Topliss-reactive ketones (excluding diaryl/α,β-unsaturated/α-hetero) is 1. The van der Waals surface area contributed by atoms with Gasteiger partial charge < -0.3 is 20.3 Å². The van der Waals surface area contributed by atoms with Gasteiger partial charge in [-0.15, -0.1) is 0 Å². The van der Waals surface area contributed by atoms with Gasteiger partial charge in [-0.1, -0.05) is 6.07 Å². The molecule has 1 fully saturated rings.